The van der Waals surface area contributed by atoms with E-state index in [2.05, 4.69) is 27.7 Å². The summed E-state index contributed by atoms with van der Waals surface area (Å²) in [6.45, 7) is 9.88. The Morgan fingerprint density at radius 1 is 0.758 bits per heavy atom. The monoisotopic (exact) mass is 464 g/mol. The summed E-state index contributed by atoms with van der Waals surface area (Å²) in [6, 6.07) is 0. The lowest BCUT2D eigenvalue weighted by atomic mass is 9.43. The fourth-order valence-corrected chi connectivity index (χ4v) is 10.4. The molecule has 2 heterocycles. The van der Waals surface area contributed by atoms with Crippen LogP contribution in [0.1, 0.15) is 72.6 Å². The molecule has 2 saturated heterocycles. The van der Waals surface area contributed by atoms with E-state index in [4.69, 9.17) is 9.47 Å². The normalized spacial score (nSPS) is 64.7. The molecule has 0 bridgehead atoms. The van der Waals surface area contributed by atoms with Gasteiger partial charge in [0, 0.05) is 18.3 Å². The van der Waals surface area contributed by atoms with Gasteiger partial charge in [-0.3, -0.25) is 0 Å². The Balaban J connectivity index is 1.30. The van der Waals surface area contributed by atoms with Gasteiger partial charge in [-0.25, -0.2) is 0 Å². The van der Waals surface area contributed by atoms with E-state index in [1.165, 1.54) is 0 Å². The van der Waals surface area contributed by atoms with Crippen molar-refractivity contribution in [3.05, 3.63) is 0 Å². The zero-order chi connectivity index (χ0) is 23.5. The summed E-state index contributed by atoms with van der Waals surface area (Å²) in [5.41, 5.74) is -0.203. The highest BCUT2D eigenvalue weighted by molar-refractivity contribution is 5.19. The Labute approximate surface area is 198 Å². The van der Waals surface area contributed by atoms with Gasteiger partial charge in [0.15, 0.2) is 5.79 Å². The summed E-state index contributed by atoms with van der Waals surface area (Å²) in [7, 11) is 0. The Bertz CT molecular complexity index is 781. The molecule has 188 valence electrons. The second-order valence-electron chi connectivity index (χ2n) is 13.4. The predicted molar refractivity (Wildman–Crippen MR) is 122 cm³/mol. The van der Waals surface area contributed by atoms with Crippen molar-refractivity contribution in [3.63, 3.8) is 0 Å². The maximum Gasteiger partial charge on any atom is 0.171 e. The highest BCUT2D eigenvalue weighted by atomic mass is 16.7. The molecular weight excluding hydrogens is 420 g/mol. The summed E-state index contributed by atoms with van der Waals surface area (Å²) in [4.78, 5) is 0. The van der Waals surface area contributed by atoms with Crippen LogP contribution < -0.4 is 0 Å². The van der Waals surface area contributed by atoms with Crippen LogP contribution in [-0.4, -0.2) is 63.3 Å². The van der Waals surface area contributed by atoms with Crippen molar-refractivity contribution in [2.45, 2.75) is 109 Å². The molecule has 0 unspecified atom stereocenters. The number of aliphatic hydroxyl groups excluding tert-OH is 4. The van der Waals surface area contributed by atoms with Gasteiger partial charge in [-0.05, 0) is 78.9 Å². The van der Waals surface area contributed by atoms with Gasteiger partial charge in [0.1, 0.15) is 6.10 Å². The molecule has 0 aromatic heterocycles. The van der Waals surface area contributed by atoms with Gasteiger partial charge in [-0.1, -0.05) is 27.7 Å². The minimum atomic E-state index is -1.05. The predicted octanol–water partition coefficient (Wildman–Crippen LogP) is 2.71. The molecule has 6 heteroatoms. The molecule has 0 aromatic rings. The summed E-state index contributed by atoms with van der Waals surface area (Å²) in [5, 5.41) is 43.5. The highest BCUT2D eigenvalue weighted by Gasteiger charge is 2.72. The first-order valence-corrected chi connectivity index (χ1v) is 13.6. The van der Waals surface area contributed by atoms with Gasteiger partial charge < -0.3 is 29.9 Å². The molecule has 2 aliphatic heterocycles. The number of fused-ring (bicyclic) bond motifs is 7. The Morgan fingerprint density at radius 3 is 2.21 bits per heavy atom. The smallest absolute Gasteiger partial charge is 0.171 e. The van der Waals surface area contributed by atoms with Gasteiger partial charge in [0.2, 0.25) is 0 Å². The van der Waals surface area contributed by atoms with Gasteiger partial charge >= 0.3 is 0 Å². The quantitative estimate of drug-likeness (QED) is 0.440. The molecule has 0 amide bonds. The first-order valence-electron chi connectivity index (χ1n) is 13.6. The third-order valence-electron chi connectivity index (χ3n) is 12.0. The van der Waals surface area contributed by atoms with Crippen LogP contribution in [-0.2, 0) is 9.47 Å². The maximum absolute atomic E-state index is 11.8. The van der Waals surface area contributed by atoms with Crippen molar-refractivity contribution in [1.82, 2.24) is 0 Å². The van der Waals surface area contributed by atoms with Crippen LogP contribution in [0.25, 0.3) is 0 Å². The molecule has 6 aliphatic rings. The molecule has 4 N–H and O–H groups in total. The largest absolute Gasteiger partial charge is 0.390 e. The molecule has 0 aromatic carbocycles. The zero-order valence-electron chi connectivity index (χ0n) is 20.7. The van der Waals surface area contributed by atoms with Crippen molar-refractivity contribution in [2.75, 3.05) is 6.61 Å². The van der Waals surface area contributed by atoms with Gasteiger partial charge in [0.05, 0.1) is 31.0 Å². The molecule has 6 rings (SSSR count). The second-order valence-corrected chi connectivity index (χ2v) is 13.4. The van der Waals surface area contributed by atoms with E-state index in [0.717, 1.165) is 45.1 Å². The van der Waals surface area contributed by atoms with Crippen molar-refractivity contribution in [3.8, 4) is 0 Å². The minimum Gasteiger partial charge on any atom is -0.390 e. The zero-order valence-corrected chi connectivity index (χ0v) is 20.7. The van der Waals surface area contributed by atoms with Crippen molar-refractivity contribution < 1.29 is 29.9 Å². The molecular formula is C27H44O6. The number of hydrogen-bond donors (Lipinski definition) is 4. The van der Waals surface area contributed by atoms with Gasteiger partial charge in [-0.15, -0.1) is 0 Å². The van der Waals surface area contributed by atoms with Gasteiger partial charge in [-0.2, -0.15) is 0 Å². The number of aliphatic hydroxyl groups is 4. The fourth-order valence-electron chi connectivity index (χ4n) is 10.4. The van der Waals surface area contributed by atoms with Crippen LogP contribution in [0.5, 0.6) is 0 Å². The summed E-state index contributed by atoms with van der Waals surface area (Å²) >= 11 is 0. The first-order chi connectivity index (χ1) is 15.5. The molecule has 6 fully saturated rings. The Morgan fingerprint density at radius 2 is 1.52 bits per heavy atom. The van der Waals surface area contributed by atoms with Crippen LogP contribution >= 0.6 is 0 Å². The van der Waals surface area contributed by atoms with E-state index in [-0.39, 0.29) is 34.7 Å². The molecule has 6 nitrogen and oxygen atoms in total. The summed E-state index contributed by atoms with van der Waals surface area (Å²) < 4.78 is 13.1. The maximum atomic E-state index is 11.8. The topological polar surface area (TPSA) is 99.4 Å². The van der Waals surface area contributed by atoms with Crippen LogP contribution in [0.3, 0.4) is 0 Å². The minimum absolute atomic E-state index is 0.00913. The van der Waals surface area contributed by atoms with Gasteiger partial charge in [0.25, 0.3) is 0 Å². The fraction of sp³-hybridized carbons (Fsp3) is 1.00. The highest BCUT2D eigenvalue weighted by Crippen LogP contribution is 2.71. The van der Waals surface area contributed by atoms with Crippen LogP contribution in [0.15, 0.2) is 0 Å². The van der Waals surface area contributed by atoms with E-state index in [1.807, 2.05) is 0 Å². The first kappa shape index (κ1) is 23.2. The van der Waals surface area contributed by atoms with Crippen molar-refractivity contribution in [1.29, 1.82) is 0 Å². The summed E-state index contributed by atoms with van der Waals surface area (Å²) in [6.07, 6.45) is 3.00. The third-order valence-corrected chi connectivity index (χ3v) is 12.0. The lowest BCUT2D eigenvalue weighted by Gasteiger charge is -2.62. The Hall–Kier alpha value is -0.240. The van der Waals surface area contributed by atoms with Crippen LogP contribution in [0.4, 0.5) is 0 Å². The molecule has 4 saturated carbocycles. The van der Waals surface area contributed by atoms with Crippen LogP contribution in [0.2, 0.25) is 0 Å². The van der Waals surface area contributed by atoms with E-state index >= 15 is 0 Å². The SMILES string of the molecule is C[C@H]1CC[C@]2(OC1)O[C@H]1[C@H](O)[C@@H]3[C@H]4CC[C@@H]5[C@H](O)[C@H](O)[C@@H](O)C[C@@]5(C)[C@@H]4CC[C@@]3(C)[C@@H]1[C@@H]2C. The standard InChI is InChI=1S/C27H44O6/c1-13-7-10-27(32-12-13)14(2)19-24(33-27)23(31)20-15-5-6-17-21(29)22(30)18(28)11-26(17,4)16(15)8-9-25(19,20)3/h13-24,28-31H,5-12H2,1-4H3/t13-,14-,15-,16+,17+,18-,19+,20-,21-,22+,23+,24+,25-,26-,27-/m0/s1. The summed E-state index contributed by atoms with van der Waals surface area (Å²) in [5.74, 6) is 1.47. The number of ether oxygens (including phenoxy) is 2. The number of rotatable bonds is 0. The van der Waals surface area contributed by atoms with Crippen molar-refractivity contribution in [2.24, 2.45) is 52.3 Å². The second kappa shape index (κ2) is 7.39. The number of hydrogen-bond acceptors (Lipinski definition) is 6. The van der Waals surface area contributed by atoms with Crippen molar-refractivity contribution >= 4 is 0 Å². The van der Waals surface area contributed by atoms with E-state index in [1.54, 1.807) is 0 Å². The molecule has 0 radical (unpaired) electrons. The molecule has 15 atom stereocenters. The molecule has 1 spiro atoms. The lowest BCUT2D eigenvalue weighted by molar-refractivity contribution is -0.283. The lowest BCUT2D eigenvalue weighted by Crippen LogP contribution is -2.62. The van der Waals surface area contributed by atoms with E-state index < -0.39 is 30.2 Å². The average molecular weight is 465 g/mol. The third kappa shape index (κ3) is 2.88. The van der Waals surface area contributed by atoms with E-state index in [0.29, 0.717) is 30.1 Å². The van der Waals surface area contributed by atoms with Crippen LogP contribution in [0, 0.1) is 52.3 Å². The molecule has 4 aliphatic carbocycles. The average Bonchev–Trinajstić information content (AvgIpc) is 3.18. The molecule has 33 heavy (non-hydrogen) atoms. The van der Waals surface area contributed by atoms with E-state index in [9.17, 15) is 20.4 Å². The Kier molecular flexibility index (Phi) is 5.19.